The summed E-state index contributed by atoms with van der Waals surface area (Å²) in [6.45, 7) is 0. The monoisotopic (exact) mass is 409 g/mol. The highest BCUT2D eigenvalue weighted by Crippen LogP contribution is 2.41. The standard InChI is InChI=1S/C21H19N3O6/c1-29-13-8-6-12(7-9-13)21(26)23-22-11-15-19-14-4-2-3-5-17(14)30-18(19)10-16(20(15)25)24(27)28/h6-11,25H,2-5H2,1H3,(H,23,26). The van der Waals surface area contributed by atoms with E-state index in [2.05, 4.69) is 10.5 Å². The van der Waals surface area contributed by atoms with Crippen LogP contribution in [0.1, 0.15) is 40.1 Å². The minimum atomic E-state index is -0.677. The Bertz CT molecular complexity index is 1160. The Kier molecular flexibility index (Phi) is 5.09. The molecular formula is C21H19N3O6. The van der Waals surface area contributed by atoms with Gasteiger partial charge in [-0.15, -0.1) is 0 Å². The number of nitro groups is 1. The van der Waals surface area contributed by atoms with Gasteiger partial charge in [0.05, 0.1) is 29.9 Å². The molecule has 0 fully saturated rings. The molecule has 0 saturated carbocycles. The number of carbonyl (C=O) groups excluding carboxylic acids is 1. The number of nitro benzene ring substituents is 1. The van der Waals surface area contributed by atoms with Crippen LogP contribution in [0.3, 0.4) is 0 Å². The lowest BCUT2D eigenvalue weighted by molar-refractivity contribution is -0.385. The molecule has 0 bridgehead atoms. The van der Waals surface area contributed by atoms with E-state index >= 15 is 0 Å². The second kappa shape index (κ2) is 7.86. The number of rotatable bonds is 5. The van der Waals surface area contributed by atoms with E-state index in [0.29, 0.717) is 22.3 Å². The number of amides is 1. The highest BCUT2D eigenvalue weighted by molar-refractivity contribution is 6.05. The number of ether oxygens (including phenoxy) is 1. The number of hydrogen-bond donors (Lipinski definition) is 2. The van der Waals surface area contributed by atoms with Crippen molar-refractivity contribution in [1.82, 2.24) is 5.43 Å². The van der Waals surface area contributed by atoms with Gasteiger partial charge in [0, 0.05) is 22.9 Å². The summed E-state index contributed by atoms with van der Waals surface area (Å²) in [5.74, 6) is 0.408. The fraction of sp³-hybridized carbons (Fsp3) is 0.238. The summed E-state index contributed by atoms with van der Waals surface area (Å²) in [5.41, 5.74) is 3.67. The van der Waals surface area contributed by atoms with Crippen molar-refractivity contribution in [2.24, 2.45) is 5.10 Å². The Morgan fingerprint density at radius 1 is 1.30 bits per heavy atom. The number of carbonyl (C=O) groups is 1. The van der Waals surface area contributed by atoms with Crippen molar-refractivity contribution in [3.05, 3.63) is 62.9 Å². The van der Waals surface area contributed by atoms with E-state index in [-0.39, 0.29) is 5.56 Å². The van der Waals surface area contributed by atoms with Gasteiger partial charge >= 0.3 is 5.69 Å². The molecule has 4 rings (SSSR count). The van der Waals surface area contributed by atoms with Crippen LogP contribution in [0, 0.1) is 10.1 Å². The van der Waals surface area contributed by atoms with Crippen molar-refractivity contribution in [1.29, 1.82) is 0 Å². The van der Waals surface area contributed by atoms with Crippen molar-refractivity contribution >= 4 is 28.8 Å². The van der Waals surface area contributed by atoms with Gasteiger partial charge in [0.25, 0.3) is 5.91 Å². The van der Waals surface area contributed by atoms with Gasteiger partial charge < -0.3 is 14.3 Å². The van der Waals surface area contributed by atoms with E-state index in [0.717, 1.165) is 37.0 Å². The number of nitrogens with zero attached hydrogens (tertiary/aromatic N) is 2. The third kappa shape index (κ3) is 3.45. The molecule has 0 saturated heterocycles. The first kappa shape index (κ1) is 19.4. The number of aryl methyl sites for hydroxylation is 2. The molecule has 1 heterocycles. The van der Waals surface area contributed by atoms with Gasteiger partial charge in [-0.05, 0) is 43.5 Å². The number of phenols is 1. The molecule has 9 nitrogen and oxygen atoms in total. The summed E-state index contributed by atoms with van der Waals surface area (Å²) in [6, 6.07) is 7.69. The largest absolute Gasteiger partial charge is 0.502 e. The summed E-state index contributed by atoms with van der Waals surface area (Å²) in [5, 5.41) is 26.4. The van der Waals surface area contributed by atoms with Crippen LogP contribution < -0.4 is 10.2 Å². The number of methoxy groups -OCH3 is 1. The van der Waals surface area contributed by atoms with E-state index in [1.54, 1.807) is 24.3 Å². The number of nitrogens with one attached hydrogen (secondary N) is 1. The number of hydrazone groups is 1. The number of aromatic hydroxyl groups is 1. The molecule has 1 aliphatic rings. The van der Waals surface area contributed by atoms with Gasteiger partial charge in [-0.3, -0.25) is 14.9 Å². The van der Waals surface area contributed by atoms with Crippen LogP contribution in [0.25, 0.3) is 11.0 Å². The third-order valence-electron chi connectivity index (χ3n) is 5.14. The summed E-state index contributed by atoms with van der Waals surface area (Å²) in [6.07, 6.45) is 4.64. The lowest BCUT2D eigenvalue weighted by Gasteiger charge is -2.10. The Balaban J connectivity index is 1.69. The fourth-order valence-corrected chi connectivity index (χ4v) is 3.66. The predicted octanol–water partition coefficient (Wildman–Crippen LogP) is 3.70. The van der Waals surface area contributed by atoms with Crippen molar-refractivity contribution in [3.63, 3.8) is 0 Å². The van der Waals surface area contributed by atoms with E-state index in [1.807, 2.05) is 0 Å². The number of furan rings is 1. The van der Waals surface area contributed by atoms with Crippen molar-refractivity contribution < 1.29 is 24.0 Å². The number of benzene rings is 2. The average Bonchev–Trinajstić information content (AvgIpc) is 3.13. The summed E-state index contributed by atoms with van der Waals surface area (Å²) in [4.78, 5) is 23.0. The first-order chi connectivity index (χ1) is 14.5. The van der Waals surface area contributed by atoms with Crippen LogP contribution in [-0.4, -0.2) is 29.3 Å². The van der Waals surface area contributed by atoms with E-state index in [4.69, 9.17) is 9.15 Å². The molecule has 1 amide bonds. The molecule has 1 aliphatic carbocycles. The van der Waals surface area contributed by atoms with Crippen molar-refractivity contribution in [2.75, 3.05) is 7.11 Å². The minimum absolute atomic E-state index is 0.154. The Morgan fingerprint density at radius 2 is 2.03 bits per heavy atom. The summed E-state index contributed by atoms with van der Waals surface area (Å²) in [7, 11) is 1.53. The fourth-order valence-electron chi connectivity index (χ4n) is 3.66. The molecule has 0 atom stereocenters. The number of hydrogen-bond acceptors (Lipinski definition) is 7. The maximum Gasteiger partial charge on any atom is 0.315 e. The first-order valence-corrected chi connectivity index (χ1v) is 9.41. The summed E-state index contributed by atoms with van der Waals surface area (Å²) >= 11 is 0. The first-order valence-electron chi connectivity index (χ1n) is 9.41. The van der Waals surface area contributed by atoms with Gasteiger partial charge in [-0.1, -0.05) is 0 Å². The smallest absolute Gasteiger partial charge is 0.315 e. The molecule has 0 aliphatic heterocycles. The van der Waals surface area contributed by atoms with Crippen LogP contribution in [0.4, 0.5) is 5.69 Å². The Labute approximate surface area is 171 Å². The highest BCUT2D eigenvalue weighted by Gasteiger charge is 2.27. The SMILES string of the molecule is COc1ccc(C(=O)NN=Cc2c(O)c([N+](=O)[O-])cc3oc4c(c23)CCCC4)cc1. The van der Waals surface area contributed by atoms with Crippen LogP contribution >= 0.6 is 0 Å². The zero-order valence-electron chi connectivity index (χ0n) is 16.2. The van der Waals surface area contributed by atoms with Crippen LogP contribution in [-0.2, 0) is 12.8 Å². The van der Waals surface area contributed by atoms with Gasteiger partial charge in [-0.2, -0.15) is 5.10 Å². The highest BCUT2D eigenvalue weighted by atomic mass is 16.6. The molecule has 0 radical (unpaired) electrons. The average molecular weight is 409 g/mol. The van der Waals surface area contributed by atoms with Gasteiger partial charge in [-0.25, -0.2) is 5.43 Å². The Morgan fingerprint density at radius 3 is 2.73 bits per heavy atom. The minimum Gasteiger partial charge on any atom is -0.502 e. The maximum atomic E-state index is 12.3. The second-order valence-corrected chi connectivity index (χ2v) is 6.93. The molecule has 3 aromatic rings. The molecule has 2 N–H and O–H groups in total. The van der Waals surface area contributed by atoms with Crippen molar-refractivity contribution in [3.8, 4) is 11.5 Å². The van der Waals surface area contributed by atoms with Crippen LogP contribution in [0.5, 0.6) is 11.5 Å². The van der Waals surface area contributed by atoms with E-state index in [1.165, 1.54) is 19.4 Å². The lowest BCUT2D eigenvalue weighted by Crippen LogP contribution is -2.17. The van der Waals surface area contributed by atoms with Gasteiger partial charge in [0.2, 0.25) is 5.75 Å². The molecule has 0 unspecified atom stereocenters. The van der Waals surface area contributed by atoms with Crippen LogP contribution in [0.2, 0.25) is 0 Å². The number of fused-ring (bicyclic) bond motifs is 3. The zero-order valence-corrected chi connectivity index (χ0v) is 16.2. The molecule has 9 heteroatoms. The molecule has 30 heavy (non-hydrogen) atoms. The van der Waals surface area contributed by atoms with Gasteiger partial charge in [0.15, 0.2) is 0 Å². The predicted molar refractivity (Wildman–Crippen MR) is 109 cm³/mol. The Hall–Kier alpha value is -3.88. The van der Waals surface area contributed by atoms with Crippen molar-refractivity contribution in [2.45, 2.75) is 25.7 Å². The van der Waals surface area contributed by atoms with Crippen LogP contribution in [0.15, 0.2) is 39.9 Å². The molecular weight excluding hydrogens is 390 g/mol. The summed E-state index contributed by atoms with van der Waals surface area (Å²) < 4.78 is 10.9. The molecule has 1 aromatic heterocycles. The molecule has 0 spiro atoms. The van der Waals surface area contributed by atoms with E-state index in [9.17, 15) is 20.0 Å². The second-order valence-electron chi connectivity index (χ2n) is 6.93. The third-order valence-corrected chi connectivity index (χ3v) is 5.14. The maximum absolute atomic E-state index is 12.3. The van der Waals surface area contributed by atoms with Gasteiger partial charge in [0.1, 0.15) is 17.1 Å². The normalized spacial score (nSPS) is 13.4. The molecule has 2 aromatic carbocycles. The number of phenolic OH excluding ortho intramolecular Hbond substituents is 1. The molecule has 154 valence electrons. The lowest BCUT2D eigenvalue weighted by atomic mass is 9.93. The van der Waals surface area contributed by atoms with E-state index < -0.39 is 22.3 Å². The topological polar surface area (TPSA) is 127 Å². The zero-order chi connectivity index (χ0) is 21.3. The quantitative estimate of drug-likeness (QED) is 0.376.